The molecule has 0 heterocycles. The molecule has 128 valence electrons. The Morgan fingerprint density at radius 1 is 1.46 bits per heavy atom. The van der Waals surface area contributed by atoms with Gasteiger partial charge in [0.05, 0.1) is 23.7 Å². The highest BCUT2D eigenvalue weighted by Gasteiger charge is 2.45. The smallest absolute Gasteiger partial charge is 0.343 e. The van der Waals surface area contributed by atoms with Crippen LogP contribution in [0.4, 0.5) is 13.2 Å². The molecule has 0 unspecified atom stereocenters. The minimum atomic E-state index is -4.26. The summed E-state index contributed by atoms with van der Waals surface area (Å²) in [5, 5.41) is 11.8. The molecule has 1 aliphatic carbocycles. The molecule has 0 bridgehead atoms. The van der Waals surface area contributed by atoms with Crippen molar-refractivity contribution in [3.63, 3.8) is 0 Å². The summed E-state index contributed by atoms with van der Waals surface area (Å²) in [6.45, 7) is -0.992. The van der Waals surface area contributed by atoms with Crippen LogP contribution < -0.4 is 5.32 Å². The number of halogens is 3. The lowest BCUT2D eigenvalue weighted by molar-refractivity contribution is -0.141. The second-order valence-electron chi connectivity index (χ2n) is 5.98. The first-order chi connectivity index (χ1) is 11.2. The summed E-state index contributed by atoms with van der Waals surface area (Å²) in [6, 6.07) is 9.12. The van der Waals surface area contributed by atoms with E-state index < -0.39 is 18.3 Å². The van der Waals surface area contributed by atoms with E-state index in [0.717, 1.165) is 23.3 Å². The van der Waals surface area contributed by atoms with Gasteiger partial charge in [0.15, 0.2) is 0 Å². The molecule has 1 aromatic carbocycles. The van der Waals surface area contributed by atoms with E-state index in [1.54, 1.807) is 18.2 Å². The molecule has 4 nitrogen and oxygen atoms in total. The Morgan fingerprint density at radius 3 is 2.75 bits per heavy atom. The van der Waals surface area contributed by atoms with E-state index in [9.17, 15) is 18.0 Å². The summed E-state index contributed by atoms with van der Waals surface area (Å²) >= 11 is 0. The van der Waals surface area contributed by atoms with Gasteiger partial charge in [0.2, 0.25) is 5.91 Å². The summed E-state index contributed by atoms with van der Waals surface area (Å²) in [7, 11) is 1.34. The maximum atomic E-state index is 12.2. The van der Waals surface area contributed by atoms with Crippen LogP contribution in [0.1, 0.15) is 24.0 Å². The molecule has 0 spiro atoms. The number of nitrogens with zero attached hydrogens (tertiary/aromatic N) is 2. The summed E-state index contributed by atoms with van der Waals surface area (Å²) in [4.78, 5) is 13.1. The third-order valence-electron chi connectivity index (χ3n) is 3.79. The van der Waals surface area contributed by atoms with Gasteiger partial charge >= 0.3 is 6.18 Å². The predicted molar refractivity (Wildman–Crippen MR) is 82.9 cm³/mol. The van der Waals surface area contributed by atoms with Crippen LogP contribution in [0.2, 0.25) is 0 Å². The van der Waals surface area contributed by atoms with Gasteiger partial charge < -0.3 is 5.32 Å². The molecule has 1 N–H and O–H groups in total. The first-order valence-corrected chi connectivity index (χ1v) is 7.49. The molecular formula is C17H18F3N3O. The van der Waals surface area contributed by atoms with Gasteiger partial charge in [-0.3, -0.25) is 9.69 Å². The van der Waals surface area contributed by atoms with E-state index in [-0.39, 0.29) is 12.5 Å². The number of rotatable bonds is 6. The van der Waals surface area contributed by atoms with Crippen LogP contribution in [0.3, 0.4) is 0 Å². The number of nitriles is 1. The number of carbonyl (C=O) groups is 1. The van der Waals surface area contributed by atoms with Crippen molar-refractivity contribution in [2.24, 2.45) is 0 Å². The molecule has 1 amide bonds. The van der Waals surface area contributed by atoms with Crippen LogP contribution in [-0.4, -0.2) is 37.1 Å². The highest BCUT2D eigenvalue weighted by molar-refractivity contribution is 5.88. The van der Waals surface area contributed by atoms with E-state index in [2.05, 4.69) is 11.4 Å². The van der Waals surface area contributed by atoms with Crippen molar-refractivity contribution in [2.75, 3.05) is 20.1 Å². The molecule has 0 radical (unpaired) electrons. The lowest BCUT2D eigenvalue weighted by atomic mass is 10.0. The highest BCUT2D eigenvalue weighted by Crippen LogP contribution is 2.45. The third kappa shape index (κ3) is 5.10. The Hall–Kier alpha value is -2.33. The molecule has 1 aromatic rings. The second kappa shape index (κ2) is 7.05. The maximum absolute atomic E-state index is 12.2. The van der Waals surface area contributed by atoms with Crippen molar-refractivity contribution in [3.05, 3.63) is 47.5 Å². The number of likely N-dealkylation sites (N-methyl/N-ethyl adjacent to an activating group) is 1. The number of hydrogen-bond acceptors (Lipinski definition) is 3. The fourth-order valence-corrected chi connectivity index (χ4v) is 2.49. The van der Waals surface area contributed by atoms with E-state index in [1.165, 1.54) is 19.2 Å². The molecule has 24 heavy (non-hydrogen) atoms. The molecular weight excluding hydrogens is 319 g/mol. The van der Waals surface area contributed by atoms with Crippen molar-refractivity contribution in [1.82, 2.24) is 10.2 Å². The Morgan fingerprint density at radius 2 is 2.17 bits per heavy atom. The monoisotopic (exact) mass is 337 g/mol. The first kappa shape index (κ1) is 18.0. The zero-order chi connectivity index (χ0) is 17.8. The van der Waals surface area contributed by atoms with Gasteiger partial charge in [-0.1, -0.05) is 18.2 Å². The van der Waals surface area contributed by atoms with Crippen LogP contribution >= 0.6 is 0 Å². The van der Waals surface area contributed by atoms with Crippen LogP contribution in [0.5, 0.6) is 0 Å². The van der Waals surface area contributed by atoms with E-state index in [4.69, 9.17) is 5.26 Å². The van der Waals surface area contributed by atoms with Crippen LogP contribution in [-0.2, 0) is 10.3 Å². The Bertz CT molecular complexity index is 672. The first-order valence-electron chi connectivity index (χ1n) is 7.49. The average Bonchev–Trinajstić information content (AvgIpc) is 3.26. The lowest BCUT2D eigenvalue weighted by Crippen LogP contribution is -2.34. The molecule has 1 fully saturated rings. The van der Waals surface area contributed by atoms with Gasteiger partial charge in [0.25, 0.3) is 0 Å². The minimum absolute atomic E-state index is 0.0316. The number of alkyl halides is 3. The maximum Gasteiger partial charge on any atom is 0.401 e. The molecule has 1 aliphatic rings. The van der Waals surface area contributed by atoms with Gasteiger partial charge in [-0.15, -0.1) is 0 Å². The highest BCUT2D eigenvalue weighted by atomic mass is 19.4. The Balaban J connectivity index is 1.90. The Labute approximate surface area is 138 Å². The van der Waals surface area contributed by atoms with Gasteiger partial charge in [-0.05, 0) is 37.6 Å². The standard InChI is InChI=1S/C17H18F3N3O/c1-23(12-17(18,19)20)9-3-6-15(24)22-16(7-8-16)14-5-2-4-13(10-14)11-21/h2-6,10H,7-9,12H2,1H3,(H,22,24). The molecule has 0 atom stereocenters. The summed E-state index contributed by atoms with van der Waals surface area (Å²) in [5.74, 6) is -0.352. The largest absolute Gasteiger partial charge is 0.401 e. The zero-order valence-electron chi connectivity index (χ0n) is 13.2. The summed E-state index contributed by atoms with van der Waals surface area (Å²) in [5.41, 5.74) is 0.932. The van der Waals surface area contributed by atoms with Crippen molar-refractivity contribution >= 4 is 5.91 Å². The van der Waals surface area contributed by atoms with E-state index >= 15 is 0 Å². The van der Waals surface area contributed by atoms with Crippen molar-refractivity contribution in [3.8, 4) is 6.07 Å². The quantitative estimate of drug-likeness (QED) is 0.812. The zero-order valence-corrected chi connectivity index (χ0v) is 13.2. The predicted octanol–water partition coefficient (Wildman–Crippen LogP) is 2.71. The van der Waals surface area contributed by atoms with Crippen LogP contribution in [0, 0.1) is 11.3 Å². The third-order valence-corrected chi connectivity index (χ3v) is 3.79. The lowest BCUT2D eigenvalue weighted by Gasteiger charge is -2.18. The van der Waals surface area contributed by atoms with Gasteiger partial charge in [-0.2, -0.15) is 18.4 Å². The Kier molecular flexibility index (Phi) is 5.30. The van der Waals surface area contributed by atoms with Crippen LogP contribution in [0.15, 0.2) is 36.4 Å². The average molecular weight is 337 g/mol. The summed E-state index contributed by atoms with van der Waals surface area (Å²) in [6.07, 6.45) is -0.0521. The topological polar surface area (TPSA) is 56.1 Å². The molecule has 7 heteroatoms. The van der Waals surface area contributed by atoms with Crippen molar-refractivity contribution in [1.29, 1.82) is 5.26 Å². The fourth-order valence-electron chi connectivity index (χ4n) is 2.49. The molecule has 0 aliphatic heterocycles. The van der Waals surface area contributed by atoms with Crippen LogP contribution in [0.25, 0.3) is 0 Å². The fraction of sp³-hybridized carbons (Fsp3) is 0.412. The molecule has 1 saturated carbocycles. The normalized spacial score (nSPS) is 16.2. The van der Waals surface area contributed by atoms with E-state index in [0.29, 0.717) is 5.56 Å². The second-order valence-corrected chi connectivity index (χ2v) is 5.98. The van der Waals surface area contributed by atoms with E-state index in [1.807, 2.05) is 6.07 Å². The minimum Gasteiger partial charge on any atom is -0.343 e. The van der Waals surface area contributed by atoms with Gasteiger partial charge in [-0.25, -0.2) is 0 Å². The number of nitrogens with one attached hydrogen (secondary N) is 1. The number of amides is 1. The number of hydrogen-bond donors (Lipinski definition) is 1. The number of carbonyl (C=O) groups excluding carboxylic acids is 1. The molecule has 0 saturated heterocycles. The summed E-state index contributed by atoms with van der Waals surface area (Å²) < 4.78 is 36.6. The van der Waals surface area contributed by atoms with Crippen molar-refractivity contribution < 1.29 is 18.0 Å². The number of benzene rings is 1. The van der Waals surface area contributed by atoms with Crippen molar-refractivity contribution in [2.45, 2.75) is 24.6 Å². The SMILES string of the molecule is CN(CC=CC(=O)NC1(c2cccc(C#N)c2)CC1)CC(F)(F)F. The van der Waals surface area contributed by atoms with Gasteiger partial charge in [0, 0.05) is 12.6 Å². The molecule has 2 rings (SSSR count). The molecule has 0 aromatic heterocycles. The van der Waals surface area contributed by atoms with Gasteiger partial charge in [0.1, 0.15) is 0 Å².